The van der Waals surface area contributed by atoms with Gasteiger partial charge >= 0.3 is 0 Å². The summed E-state index contributed by atoms with van der Waals surface area (Å²) in [6.07, 6.45) is 3.61. The molecule has 1 aromatic carbocycles. The fraction of sp³-hybridized carbons (Fsp3) is 0.471. The van der Waals surface area contributed by atoms with Crippen LogP contribution in [-0.4, -0.2) is 29.2 Å². The molecule has 0 unspecified atom stereocenters. The number of hydrogen-bond donors (Lipinski definition) is 1. The summed E-state index contributed by atoms with van der Waals surface area (Å²) in [5.41, 5.74) is 1.12. The van der Waals surface area contributed by atoms with Crippen LogP contribution >= 0.6 is 22.9 Å². The summed E-state index contributed by atoms with van der Waals surface area (Å²) in [7, 11) is 0. The van der Waals surface area contributed by atoms with Gasteiger partial charge in [0.2, 0.25) is 11.0 Å². The van der Waals surface area contributed by atoms with Crippen LogP contribution in [0, 0.1) is 5.92 Å². The highest BCUT2D eigenvalue weighted by atomic mass is 35.5. The van der Waals surface area contributed by atoms with Gasteiger partial charge in [-0.2, -0.15) is 0 Å². The van der Waals surface area contributed by atoms with E-state index in [0.717, 1.165) is 54.5 Å². The Morgan fingerprint density at radius 3 is 2.88 bits per heavy atom. The molecule has 0 saturated carbocycles. The summed E-state index contributed by atoms with van der Waals surface area (Å²) in [6, 6.07) is 7.86. The third-order valence-corrected chi connectivity index (χ3v) is 5.33. The molecule has 3 rings (SSSR count). The largest absolute Gasteiger partial charge is 0.371 e. The number of rotatable bonds is 5. The van der Waals surface area contributed by atoms with Gasteiger partial charge in [-0.25, -0.2) is 0 Å². The second kappa shape index (κ2) is 7.94. The van der Waals surface area contributed by atoms with Gasteiger partial charge in [0.05, 0.1) is 0 Å². The van der Waals surface area contributed by atoms with Crippen LogP contribution in [0.25, 0.3) is 0 Å². The van der Waals surface area contributed by atoms with E-state index in [-0.39, 0.29) is 11.8 Å². The monoisotopic (exact) mass is 364 g/mol. The molecule has 1 amide bonds. The van der Waals surface area contributed by atoms with Crippen LogP contribution in [0.4, 0.5) is 10.8 Å². The van der Waals surface area contributed by atoms with E-state index in [1.807, 2.05) is 18.2 Å². The van der Waals surface area contributed by atoms with Crippen LogP contribution in [-0.2, 0) is 11.2 Å². The molecule has 128 valence electrons. The quantitative estimate of drug-likeness (QED) is 0.871. The number of amides is 1. The predicted octanol–water partition coefficient (Wildman–Crippen LogP) is 4.00. The Kier molecular flexibility index (Phi) is 5.68. The molecule has 1 saturated heterocycles. The summed E-state index contributed by atoms with van der Waals surface area (Å²) in [4.78, 5) is 14.7. The topological polar surface area (TPSA) is 58.1 Å². The Labute approximate surface area is 151 Å². The van der Waals surface area contributed by atoms with Gasteiger partial charge in [-0.1, -0.05) is 35.9 Å². The van der Waals surface area contributed by atoms with E-state index in [9.17, 15) is 4.79 Å². The van der Waals surface area contributed by atoms with Gasteiger partial charge in [0, 0.05) is 36.1 Å². The van der Waals surface area contributed by atoms with Crippen molar-refractivity contribution in [1.29, 1.82) is 0 Å². The average Bonchev–Trinajstić information content (AvgIpc) is 3.02. The first-order valence-corrected chi connectivity index (χ1v) is 9.49. The Bertz CT molecular complexity index is 697. The maximum atomic E-state index is 12.4. The van der Waals surface area contributed by atoms with Gasteiger partial charge in [-0.05, 0) is 37.5 Å². The van der Waals surface area contributed by atoms with Crippen LogP contribution in [0.3, 0.4) is 0 Å². The van der Waals surface area contributed by atoms with Crippen molar-refractivity contribution in [3.8, 4) is 0 Å². The highest BCUT2D eigenvalue weighted by Crippen LogP contribution is 2.26. The average molecular weight is 365 g/mol. The number of benzene rings is 1. The first-order valence-electron chi connectivity index (χ1n) is 8.29. The number of aryl methyl sites for hydroxylation is 1. The van der Waals surface area contributed by atoms with Crippen molar-refractivity contribution < 1.29 is 4.79 Å². The summed E-state index contributed by atoms with van der Waals surface area (Å²) >= 11 is 7.52. The molecule has 1 N–H and O–H groups in total. The first kappa shape index (κ1) is 17.2. The molecule has 1 fully saturated rings. The van der Waals surface area contributed by atoms with Crippen LogP contribution in [0.15, 0.2) is 24.3 Å². The molecule has 1 aromatic heterocycles. The second-order valence-electron chi connectivity index (χ2n) is 5.98. The minimum Gasteiger partial charge on any atom is -0.371 e. The van der Waals surface area contributed by atoms with Gasteiger partial charge in [0.1, 0.15) is 5.01 Å². The molecular formula is C17H21ClN4OS. The lowest BCUT2D eigenvalue weighted by Gasteiger charge is -2.32. The lowest BCUT2D eigenvalue weighted by Crippen LogP contribution is -2.38. The van der Waals surface area contributed by atoms with Crippen molar-refractivity contribution in [3.63, 3.8) is 0 Å². The fourth-order valence-corrected chi connectivity index (χ4v) is 3.93. The number of nitrogens with one attached hydrogen (secondary N) is 1. The third-order valence-electron chi connectivity index (χ3n) is 4.20. The summed E-state index contributed by atoms with van der Waals surface area (Å²) in [5.74, 6) is 0.0823. The van der Waals surface area contributed by atoms with Crippen LogP contribution in [0.1, 0.15) is 31.2 Å². The number of halogens is 1. The number of anilines is 2. The van der Waals surface area contributed by atoms with E-state index in [2.05, 4.69) is 33.4 Å². The number of nitrogens with zero attached hydrogens (tertiary/aromatic N) is 3. The highest BCUT2D eigenvalue weighted by molar-refractivity contribution is 7.15. The van der Waals surface area contributed by atoms with E-state index in [0.29, 0.717) is 5.13 Å². The van der Waals surface area contributed by atoms with E-state index in [1.54, 1.807) is 0 Å². The van der Waals surface area contributed by atoms with E-state index in [4.69, 9.17) is 11.6 Å². The molecule has 2 aromatic rings. The van der Waals surface area contributed by atoms with Gasteiger partial charge in [0.15, 0.2) is 0 Å². The Morgan fingerprint density at radius 1 is 1.38 bits per heavy atom. The number of hydrogen-bond acceptors (Lipinski definition) is 5. The van der Waals surface area contributed by atoms with Crippen LogP contribution < -0.4 is 10.2 Å². The van der Waals surface area contributed by atoms with Crippen LogP contribution in [0.2, 0.25) is 5.02 Å². The summed E-state index contributed by atoms with van der Waals surface area (Å²) in [6.45, 7) is 3.82. The van der Waals surface area contributed by atoms with Gasteiger partial charge in [-0.3, -0.25) is 4.79 Å². The molecule has 0 radical (unpaired) electrons. The zero-order valence-electron chi connectivity index (χ0n) is 13.7. The molecule has 0 spiro atoms. The molecule has 1 aliphatic heterocycles. The minimum absolute atomic E-state index is 0.0268. The molecular weight excluding hydrogens is 344 g/mol. The number of carbonyl (C=O) groups is 1. The summed E-state index contributed by atoms with van der Waals surface area (Å²) < 4.78 is 0. The zero-order chi connectivity index (χ0) is 16.9. The van der Waals surface area contributed by atoms with Crippen molar-refractivity contribution in [2.75, 3.05) is 23.3 Å². The number of piperidine rings is 1. The van der Waals surface area contributed by atoms with Crippen molar-refractivity contribution in [2.45, 2.75) is 32.6 Å². The Balaban J connectivity index is 1.53. The molecule has 0 aliphatic carbocycles. The molecule has 7 heteroatoms. The summed E-state index contributed by atoms with van der Waals surface area (Å²) in [5, 5.41) is 13.4. The van der Waals surface area contributed by atoms with E-state index < -0.39 is 0 Å². The van der Waals surface area contributed by atoms with E-state index in [1.165, 1.54) is 11.3 Å². The van der Waals surface area contributed by atoms with Crippen molar-refractivity contribution >= 4 is 39.7 Å². The van der Waals surface area contributed by atoms with Gasteiger partial charge in [-0.15, -0.1) is 10.2 Å². The molecule has 24 heavy (non-hydrogen) atoms. The lowest BCUT2D eigenvalue weighted by molar-refractivity contribution is -0.120. The van der Waals surface area contributed by atoms with Crippen molar-refractivity contribution in [3.05, 3.63) is 34.3 Å². The van der Waals surface area contributed by atoms with E-state index >= 15 is 0 Å². The molecule has 2 heterocycles. The van der Waals surface area contributed by atoms with Gasteiger partial charge in [0.25, 0.3) is 0 Å². The normalized spacial score (nSPS) is 15.5. The third kappa shape index (κ3) is 4.24. The standard InChI is InChI=1S/C17H21ClN4OS/c1-2-4-15-20-21-17(24-15)19-16(23)12-7-9-22(10-8-12)14-6-3-5-13(18)11-14/h3,5-6,11-12H,2,4,7-10H2,1H3,(H,19,21,23). The smallest absolute Gasteiger partial charge is 0.229 e. The maximum absolute atomic E-state index is 12.4. The molecule has 0 atom stereocenters. The number of aromatic nitrogens is 2. The zero-order valence-corrected chi connectivity index (χ0v) is 15.2. The Hall–Kier alpha value is -1.66. The van der Waals surface area contributed by atoms with Crippen LogP contribution in [0.5, 0.6) is 0 Å². The number of carbonyl (C=O) groups excluding carboxylic acids is 1. The maximum Gasteiger partial charge on any atom is 0.229 e. The van der Waals surface area contributed by atoms with Crippen molar-refractivity contribution in [1.82, 2.24) is 10.2 Å². The second-order valence-corrected chi connectivity index (χ2v) is 7.48. The lowest BCUT2D eigenvalue weighted by atomic mass is 9.95. The SMILES string of the molecule is CCCc1nnc(NC(=O)C2CCN(c3cccc(Cl)c3)CC2)s1. The first-order chi connectivity index (χ1) is 11.7. The minimum atomic E-state index is 0.0268. The predicted molar refractivity (Wildman–Crippen MR) is 98.9 cm³/mol. The molecule has 1 aliphatic rings. The highest BCUT2D eigenvalue weighted by Gasteiger charge is 2.26. The fourth-order valence-electron chi connectivity index (χ4n) is 2.90. The Morgan fingerprint density at radius 2 is 2.17 bits per heavy atom. The van der Waals surface area contributed by atoms with Gasteiger partial charge < -0.3 is 10.2 Å². The van der Waals surface area contributed by atoms with Crippen molar-refractivity contribution in [2.24, 2.45) is 5.92 Å². The molecule has 0 bridgehead atoms. The molecule has 5 nitrogen and oxygen atoms in total.